The Morgan fingerprint density at radius 1 is 1.03 bits per heavy atom. The van der Waals surface area contributed by atoms with Crippen LogP contribution in [0.5, 0.6) is 11.5 Å². The first-order valence-corrected chi connectivity index (χ1v) is 12.2. The highest BCUT2D eigenvalue weighted by Crippen LogP contribution is 2.35. The van der Waals surface area contributed by atoms with Crippen LogP contribution >= 0.6 is 0 Å². The van der Waals surface area contributed by atoms with Crippen LogP contribution < -0.4 is 9.47 Å². The van der Waals surface area contributed by atoms with Gasteiger partial charge in [0.25, 0.3) is 0 Å². The summed E-state index contributed by atoms with van der Waals surface area (Å²) < 4.78 is 17.8. The summed E-state index contributed by atoms with van der Waals surface area (Å²) >= 11 is 0. The van der Waals surface area contributed by atoms with Gasteiger partial charge in [-0.2, -0.15) is 0 Å². The van der Waals surface area contributed by atoms with E-state index >= 15 is 0 Å². The number of nitrogens with zero attached hydrogens (tertiary/aromatic N) is 1. The average Bonchev–Trinajstić information content (AvgIpc) is 3.49. The molecular formula is C29H28N2O5. The third kappa shape index (κ3) is 4.91. The van der Waals surface area contributed by atoms with Crippen LogP contribution in [0.3, 0.4) is 0 Å². The molecule has 0 unspecified atom stereocenters. The Bertz CT molecular complexity index is 1490. The summed E-state index contributed by atoms with van der Waals surface area (Å²) in [5.74, 6) is 0.658. The number of aryl methyl sites for hydroxylation is 1. The van der Waals surface area contributed by atoms with Crippen LogP contribution in [0.2, 0.25) is 0 Å². The molecular weight excluding hydrogens is 456 g/mol. The molecule has 0 aliphatic heterocycles. The van der Waals surface area contributed by atoms with E-state index in [9.17, 15) is 4.79 Å². The SMILES string of the molecule is CCCc1c(OCCCOc2ccc3[nH]cc(CC(=O)O)c3c2)ccc2c(-c3ccccc3)noc12. The van der Waals surface area contributed by atoms with E-state index in [1.54, 1.807) is 6.20 Å². The van der Waals surface area contributed by atoms with E-state index in [0.29, 0.717) is 25.4 Å². The van der Waals surface area contributed by atoms with Crippen molar-refractivity contribution in [2.24, 2.45) is 0 Å². The Morgan fingerprint density at radius 3 is 2.67 bits per heavy atom. The normalized spacial score (nSPS) is 11.2. The second kappa shape index (κ2) is 10.6. The zero-order chi connectivity index (χ0) is 24.9. The van der Waals surface area contributed by atoms with Crippen LogP contribution in [0.25, 0.3) is 33.1 Å². The molecule has 0 aliphatic rings. The van der Waals surface area contributed by atoms with Crippen LogP contribution in [-0.4, -0.2) is 34.4 Å². The number of benzene rings is 3. The van der Waals surface area contributed by atoms with Crippen molar-refractivity contribution in [1.29, 1.82) is 0 Å². The fourth-order valence-corrected chi connectivity index (χ4v) is 4.45. The second-order valence-electron chi connectivity index (χ2n) is 8.71. The van der Waals surface area contributed by atoms with Crippen molar-refractivity contribution in [2.75, 3.05) is 13.2 Å². The van der Waals surface area contributed by atoms with Gasteiger partial charge < -0.3 is 24.1 Å². The second-order valence-corrected chi connectivity index (χ2v) is 8.71. The number of fused-ring (bicyclic) bond motifs is 2. The minimum Gasteiger partial charge on any atom is -0.493 e. The highest BCUT2D eigenvalue weighted by atomic mass is 16.5. The van der Waals surface area contributed by atoms with Crippen molar-refractivity contribution in [2.45, 2.75) is 32.6 Å². The standard InChI is InChI=1S/C29H28N2O5/c1-2-7-22-26(13-11-23-28(31-36-29(22)23)19-8-4-3-5-9-19)35-15-6-14-34-21-10-12-25-24(17-21)20(18-30-25)16-27(32)33/h3-5,8-13,17-18,30H,2,6-7,14-16H2,1H3,(H,32,33). The molecule has 5 aromatic rings. The monoisotopic (exact) mass is 484 g/mol. The number of carbonyl (C=O) groups is 1. The molecule has 0 radical (unpaired) electrons. The third-order valence-electron chi connectivity index (χ3n) is 6.14. The lowest BCUT2D eigenvalue weighted by molar-refractivity contribution is -0.136. The summed E-state index contributed by atoms with van der Waals surface area (Å²) in [5.41, 5.74) is 5.32. The smallest absolute Gasteiger partial charge is 0.307 e. The van der Waals surface area contributed by atoms with Gasteiger partial charge in [0.15, 0.2) is 5.58 Å². The van der Waals surface area contributed by atoms with E-state index in [4.69, 9.17) is 19.1 Å². The molecule has 2 N–H and O–H groups in total. The number of aromatic amines is 1. The van der Waals surface area contributed by atoms with E-state index < -0.39 is 5.97 Å². The Labute approximate surface area is 208 Å². The number of rotatable bonds is 11. The van der Waals surface area contributed by atoms with Gasteiger partial charge in [-0.15, -0.1) is 0 Å². The van der Waals surface area contributed by atoms with Gasteiger partial charge in [0.05, 0.1) is 25.0 Å². The molecule has 3 aromatic carbocycles. The van der Waals surface area contributed by atoms with Gasteiger partial charge in [-0.25, -0.2) is 0 Å². The van der Waals surface area contributed by atoms with E-state index in [1.807, 2.05) is 60.7 Å². The van der Waals surface area contributed by atoms with Crippen molar-refractivity contribution in [3.8, 4) is 22.8 Å². The first kappa shape index (κ1) is 23.5. The summed E-state index contributed by atoms with van der Waals surface area (Å²) in [5, 5.41) is 15.3. The minimum atomic E-state index is -0.860. The molecule has 0 aliphatic carbocycles. The average molecular weight is 485 g/mol. The molecule has 0 spiro atoms. The molecule has 36 heavy (non-hydrogen) atoms. The Kier molecular flexibility index (Phi) is 6.89. The van der Waals surface area contributed by atoms with Gasteiger partial charge in [0, 0.05) is 34.6 Å². The van der Waals surface area contributed by atoms with Crippen molar-refractivity contribution in [1.82, 2.24) is 10.1 Å². The van der Waals surface area contributed by atoms with Crippen molar-refractivity contribution in [3.63, 3.8) is 0 Å². The molecule has 2 heterocycles. The van der Waals surface area contributed by atoms with Crippen LogP contribution in [0, 0.1) is 0 Å². The molecule has 7 heteroatoms. The highest BCUT2D eigenvalue weighted by Gasteiger charge is 2.17. The maximum absolute atomic E-state index is 11.1. The summed E-state index contributed by atoms with van der Waals surface area (Å²) in [6.07, 6.45) is 4.20. The Balaban J connectivity index is 1.23. The lowest BCUT2D eigenvalue weighted by atomic mass is 10.0. The molecule has 0 fully saturated rings. The van der Waals surface area contributed by atoms with E-state index in [1.165, 1.54) is 0 Å². The summed E-state index contributed by atoms with van der Waals surface area (Å²) in [7, 11) is 0. The van der Waals surface area contributed by atoms with Gasteiger partial charge in [-0.05, 0) is 42.3 Å². The van der Waals surface area contributed by atoms with Crippen molar-refractivity contribution < 1.29 is 23.9 Å². The molecule has 184 valence electrons. The van der Waals surface area contributed by atoms with E-state index in [-0.39, 0.29) is 6.42 Å². The predicted octanol–water partition coefficient (Wildman–Crippen LogP) is 6.40. The summed E-state index contributed by atoms with van der Waals surface area (Å²) in [6, 6.07) is 19.7. The third-order valence-corrected chi connectivity index (χ3v) is 6.14. The zero-order valence-electron chi connectivity index (χ0n) is 20.1. The van der Waals surface area contributed by atoms with Gasteiger partial charge in [-0.1, -0.05) is 48.8 Å². The number of aromatic nitrogens is 2. The number of ether oxygens (including phenoxy) is 2. The van der Waals surface area contributed by atoms with Crippen LogP contribution in [-0.2, 0) is 17.6 Å². The van der Waals surface area contributed by atoms with Gasteiger partial charge in [-0.3, -0.25) is 4.79 Å². The van der Waals surface area contributed by atoms with Gasteiger partial charge in [0.1, 0.15) is 17.2 Å². The molecule has 5 rings (SSSR count). The quantitative estimate of drug-likeness (QED) is 0.210. The van der Waals surface area contributed by atoms with Crippen LogP contribution in [0.15, 0.2) is 71.4 Å². The van der Waals surface area contributed by atoms with Crippen molar-refractivity contribution in [3.05, 3.63) is 78.0 Å². The molecule has 0 saturated carbocycles. The van der Waals surface area contributed by atoms with E-state index in [2.05, 4.69) is 17.1 Å². The fraction of sp³-hybridized carbons (Fsp3) is 0.241. The highest BCUT2D eigenvalue weighted by molar-refractivity contribution is 5.94. The predicted molar refractivity (Wildman–Crippen MR) is 139 cm³/mol. The largest absolute Gasteiger partial charge is 0.493 e. The first-order chi connectivity index (χ1) is 17.6. The number of H-pyrrole nitrogens is 1. The van der Waals surface area contributed by atoms with Crippen LogP contribution in [0.1, 0.15) is 30.9 Å². The van der Waals surface area contributed by atoms with E-state index in [0.717, 1.165) is 62.8 Å². The van der Waals surface area contributed by atoms with Crippen LogP contribution in [0.4, 0.5) is 0 Å². The zero-order valence-corrected chi connectivity index (χ0v) is 20.1. The molecule has 0 amide bonds. The minimum absolute atomic E-state index is 0.0280. The topological polar surface area (TPSA) is 97.6 Å². The van der Waals surface area contributed by atoms with Crippen molar-refractivity contribution >= 4 is 27.8 Å². The Morgan fingerprint density at radius 2 is 1.86 bits per heavy atom. The molecule has 0 atom stereocenters. The fourth-order valence-electron chi connectivity index (χ4n) is 4.45. The number of nitrogens with one attached hydrogen (secondary N) is 1. The summed E-state index contributed by atoms with van der Waals surface area (Å²) in [4.78, 5) is 14.2. The number of hydrogen-bond acceptors (Lipinski definition) is 5. The van der Waals surface area contributed by atoms with Gasteiger partial charge >= 0.3 is 5.97 Å². The lowest BCUT2D eigenvalue weighted by Crippen LogP contribution is -2.06. The number of aliphatic carboxylic acids is 1. The van der Waals surface area contributed by atoms with Gasteiger partial charge in [0.2, 0.25) is 0 Å². The first-order valence-electron chi connectivity index (χ1n) is 12.2. The number of carboxylic acid groups (broad SMARTS) is 1. The molecule has 0 bridgehead atoms. The number of hydrogen-bond donors (Lipinski definition) is 2. The maximum atomic E-state index is 11.1. The maximum Gasteiger partial charge on any atom is 0.307 e. The molecule has 0 saturated heterocycles. The molecule has 2 aromatic heterocycles. The Hall–Kier alpha value is -4.26. The summed E-state index contributed by atoms with van der Waals surface area (Å²) in [6.45, 7) is 3.11. The molecule has 7 nitrogen and oxygen atoms in total. The number of carboxylic acids is 1. The lowest BCUT2D eigenvalue weighted by Gasteiger charge is -2.12.